The first-order valence-corrected chi connectivity index (χ1v) is 8.72. The van der Waals surface area contributed by atoms with Crippen molar-refractivity contribution < 1.29 is 13.2 Å². The van der Waals surface area contributed by atoms with Gasteiger partial charge in [-0.25, -0.2) is 8.42 Å². The summed E-state index contributed by atoms with van der Waals surface area (Å²) in [5, 5.41) is 0.599. The molecule has 2 aliphatic rings. The summed E-state index contributed by atoms with van der Waals surface area (Å²) in [7, 11) is -3.54. The van der Waals surface area contributed by atoms with Crippen LogP contribution >= 0.6 is 23.2 Å². The van der Waals surface area contributed by atoms with Crippen LogP contribution in [0.4, 0.5) is 0 Å². The minimum atomic E-state index is -3.54. The second-order valence-electron chi connectivity index (χ2n) is 5.30. The topological polar surface area (TPSA) is 46.6 Å². The van der Waals surface area contributed by atoms with Gasteiger partial charge in [-0.2, -0.15) is 4.31 Å². The van der Waals surface area contributed by atoms with Crippen molar-refractivity contribution >= 4 is 33.2 Å². The molecule has 1 unspecified atom stereocenters. The van der Waals surface area contributed by atoms with Gasteiger partial charge in [0.05, 0.1) is 27.1 Å². The average molecular weight is 336 g/mol. The van der Waals surface area contributed by atoms with Crippen molar-refractivity contribution in [3.8, 4) is 0 Å². The molecule has 0 bridgehead atoms. The third-order valence-electron chi connectivity index (χ3n) is 4.00. The molecule has 1 aromatic carbocycles. The highest BCUT2D eigenvalue weighted by atomic mass is 35.5. The lowest BCUT2D eigenvalue weighted by Crippen LogP contribution is -2.57. The zero-order valence-corrected chi connectivity index (χ0v) is 13.1. The summed E-state index contributed by atoms with van der Waals surface area (Å²) < 4.78 is 32.4. The van der Waals surface area contributed by atoms with Gasteiger partial charge >= 0.3 is 0 Å². The largest absolute Gasteiger partial charge is 0.373 e. The maximum atomic E-state index is 12.6. The summed E-state index contributed by atoms with van der Waals surface area (Å²) in [6.45, 7) is 1.67. The van der Waals surface area contributed by atoms with Crippen molar-refractivity contribution in [3.63, 3.8) is 0 Å². The minimum Gasteiger partial charge on any atom is -0.373 e. The molecular weight excluding hydrogens is 321 g/mol. The van der Waals surface area contributed by atoms with Crippen molar-refractivity contribution in [1.82, 2.24) is 4.31 Å². The van der Waals surface area contributed by atoms with Gasteiger partial charge < -0.3 is 4.74 Å². The summed E-state index contributed by atoms with van der Waals surface area (Å²) in [5.41, 5.74) is -0.262. The lowest BCUT2D eigenvalue weighted by molar-refractivity contribution is -0.167. The molecule has 20 heavy (non-hydrogen) atoms. The van der Waals surface area contributed by atoms with Crippen LogP contribution in [0.25, 0.3) is 0 Å². The van der Waals surface area contributed by atoms with Crippen LogP contribution < -0.4 is 0 Å². The van der Waals surface area contributed by atoms with Gasteiger partial charge in [0.2, 0.25) is 10.0 Å². The fourth-order valence-electron chi connectivity index (χ4n) is 2.76. The monoisotopic (exact) mass is 335 g/mol. The van der Waals surface area contributed by atoms with E-state index in [1.807, 2.05) is 0 Å². The van der Waals surface area contributed by atoms with Gasteiger partial charge in [-0.15, -0.1) is 0 Å². The number of halogens is 2. The molecule has 0 aliphatic carbocycles. The molecule has 0 saturated carbocycles. The number of piperidine rings is 1. The van der Waals surface area contributed by atoms with Crippen LogP contribution in [-0.2, 0) is 14.8 Å². The lowest BCUT2D eigenvalue weighted by atomic mass is 9.87. The zero-order chi connectivity index (χ0) is 14.4. The molecule has 2 aliphatic heterocycles. The van der Waals surface area contributed by atoms with Crippen LogP contribution in [0, 0.1) is 0 Å². The third kappa shape index (κ3) is 2.46. The molecule has 7 heteroatoms. The Morgan fingerprint density at radius 2 is 1.95 bits per heavy atom. The summed E-state index contributed by atoms with van der Waals surface area (Å²) in [5.74, 6) is 0. The van der Waals surface area contributed by atoms with Crippen molar-refractivity contribution in [2.75, 3.05) is 19.7 Å². The number of rotatable bonds is 2. The molecule has 3 rings (SSSR count). The van der Waals surface area contributed by atoms with E-state index in [9.17, 15) is 8.42 Å². The molecule has 1 aromatic rings. The number of nitrogens with zero attached hydrogens (tertiary/aromatic N) is 1. The molecule has 4 nitrogen and oxygen atoms in total. The molecule has 0 radical (unpaired) electrons. The number of benzene rings is 1. The number of hydrogen-bond donors (Lipinski definition) is 0. The fourth-order valence-corrected chi connectivity index (χ4v) is 4.70. The van der Waals surface area contributed by atoms with E-state index in [2.05, 4.69) is 0 Å². The summed E-state index contributed by atoms with van der Waals surface area (Å²) in [6, 6.07) is 4.41. The second-order valence-corrected chi connectivity index (χ2v) is 8.05. The summed E-state index contributed by atoms with van der Waals surface area (Å²) in [6.07, 6.45) is 2.68. The third-order valence-corrected chi connectivity index (χ3v) is 6.58. The Morgan fingerprint density at radius 1 is 1.20 bits per heavy atom. The molecule has 1 spiro atoms. The van der Waals surface area contributed by atoms with E-state index >= 15 is 0 Å². The van der Waals surface area contributed by atoms with Gasteiger partial charge in [0.25, 0.3) is 0 Å². The van der Waals surface area contributed by atoms with Crippen LogP contribution in [0.15, 0.2) is 23.1 Å². The Balaban J connectivity index is 1.89. The van der Waals surface area contributed by atoms with Crippen LogP contribution in [0.3, 0.4) is 0 Å². The van der Waals surface area contributed by atoms with Crippen LogP contribution in [0.1, 0.15) is 19.3 Å². The van der Waals surface area contributed by atoms with E-state index in [0.717, 1.165) is 25.9 Å². The Kier molecular flexibility index (Phi) is 3.75. The maximum Gasteiger partial charge on any atom is 0.243 e. The van der Waals surface area contributed by atoms with Crippen LogP contribution in [0.5, 0.6) is 0 Å². The maximum absolute atomic E-state index is 12.6. The first-order chi connectivity index (χ1) is 9.43. The Morgan fingerprint density at radius 3 is 2.55 bits per heavy atom. The Hall–Kier alpha value is -0.330. The fraction of sp³-hybridized carbons (Fsp3) is 0.538. The predicted molar refractivity (Wildman–Crippen MR) is 77.8 cm³/mol. The second kappa shape index (κ2) is 5.14. The SMILES string of the molecule is O=S(=O)(c1ccc(Cl)c(Cl)c1)N1CCCC2(CCO2)C1. The highest BCUT2D eigenvalue weighted by Gasteiger charge is 2.45. The lowest BCUT2D eigenvalue weighted by Gasteiger charge is -2.47. The van der Waals surface area contributed by atoms with E-state index < -0.39 is 10.0 Å². The molecule has 2 saturated heterocycles. The van der Waals surface area contributed by atoms with Crippen molar-refractivity contribution in [1.29, 1.82) is 0 Å². The Bertz CT molecular complexity index is 629. The number of hydrogen-bond acceptors (Lipinski definition) is 3. The van der Waals surface area contributed by atoms with Crippen LogP contribution in [-0.4, -0.2) is 38.0 Å². The van der Waals surface area contributed by atoms with Gasteiger partial charge in [-0.1, -0.05) is 23.2 Å². The summed E-state index contributed by atoms with van der Waals surface area (Å²) in [4.78, 5) is 0.184. The van der Waals surface area contributed by atoms with Gasteiger partial charge in [-0.05, 0) is 31.0 Å². The molecule has 1 atom stereocenters. The van der Waals surface area contributed by atoms with E-state index in [4.69, 9.17) is 27.9 Å². The smallest absolute Gasteiger partial charge is 0.243 e. The first-order valence-electron chi connectivity index (χ1n) is 6.52. The standard InChI is InChI=1S/C13H15Cl2NO3S/c14-11-3-2-10(8-12(11)15)20(17,18)16-6-1-4-13(9-16)5-7-19-13/h2-3,8H,1,4-7,9H2. The van der Waals surface area contributed by atoms with E-state index in [0.29, 0.717) is 18.1 Å². The van der Waals surface area contributed by atoms with E-state index in [1.54, 1.807) is 0 Å². The van der Waals surface area contributed by atoms with E-state index in [-0.39, 0.29) is 15.5 Å². The quantitative estimate of drug-likeness (QED) is 0.834. The van der Waals surface area contributed by atoms with E-state index in [1.165, 1.54) is 22.5 Å². The average Bonchev–Trinajstić information content (AvgIpc) is 2.40. The molecule has 2 heterocycles. The molecule has 0 aromatic heterocycles. The molecule has 0 N–H and O–H groups in total. The minimum absolute atomic E-state index is 0.184. The molecule has 2 fully saturated rings. The molecule has 110 valence electrons. The highest BCUT2D eigenvalue weighted by Crippen LogP contribution is 2.37. The predicted octanol–water partition coefficient (Wildman–Crippen LogP) is 2.94. The number of sulfonamides is 1. The van der Waals surface area contributed by atoms with Gasteiger partial charge in [0.1, 0.15) is 0 Å². The zero-order valence-electron chi connectivity index (χ0n) is 10.8. The van der Waals surface area contributed by atoms with Gasteiger partial charge in [0.15, 0.2) is 0 Å². The van der Waals surface area contributed by atoms with Crippen LogP contribution in [0.2, 0.25) is 10.0 Å². The normalized spacial score (nSPS) is 27.5. The summed E-state index contributed by atoms with van der Waals surface area (Å²) >= 11 is 11.7. The molecule has 0 amide bonds. The molecular formula is C13H15Cl2NO3S. The van der Waals surface area contributed by atoms with Crippen molar-refractivity contribution in [2.45, 2.75) is 29.8 Å². The van der Waals surface area contributed by atoms with Crippen molar-refractivity contribution in [2.24, 2.45) is 0 Å². The highest BCUT2D eigenvalue weighted by molar-refractivity contribution is 7.89. The van der Waals surface area contributed by atoms with Gasteiger partial charge in [-0.3, -0.25) is 0 Å². The number of ether oxygens (including phenoxy) is 1. The van der Waals surface area contributed by atoms with Gasteiger partial charge in [0, 0.05) is 19.5 Å². The Labute approximate surface area is 128 Å². The first kappa shape index (κ1) is 14.6. The van der Waals surface area contributed by atoms with Crippen molar-refractivity contribution in [3.05, 3.63) is 28.2 Å².